The van der Waals surface area contributed by atoms with Gasteiger partial charge >= 0.3 is 6.03 Å². The summed E-state index contributed by atoms with van der Waals surface area (Å²) >= 11 is 0. The third-order valence-electron chi connectivity index (χ3n) is 6.90. The lowest BCUT2D eigenvalue weighted by Gasteiger charge is -2.29. The molecule has 5 rings (SSSR count). The molecular formula is C27H31N3O2. The second kappa shape index (κ2) is 9.11. The number of fused-ring (bicyclic) bond motifs is 3. The molecule has 3 unspecified atom stereocenters. The molecule has 0 saturated heterocycles. The lowest BCUT2D eigenvalue weighted by atomic mass is 9.93. The van der Waals surface area contributed by atoms with Crippen LogP contribution in [0.1, 0.15) is 25.3 Å². The largest absolute Gasteiger partial charge is 0.494 e. The molecule has 2 amide bonds. The molecule has 3 atom stereocenters. The van der Waals surface area contributed by atoms with Crippen LogP contribution in [-0.4, -0.2) is 35.6 Å². The van der Waals surface area contributed by atoms with E-state index < -0.39 is 0 Å². The molecule has 1 heterocycles. The predicted molar refractivity (Wildman–Crippen MR) is 129 cm³/mol. The van der Waals surface area contributed by atoms with Gasteiger partial charge in [-0.25, -0.2) is 4.79 Å². The van der Waals surface area contributed by atoms with Gasteiger partial charge in [0.2, 0.25) is 0 Å². The lowest BCUT2D eigenvalue weighted by Crippen LogP contribution is -2.40. The molecule has 166 valence electrons. The van der Waals surface area contributed by atoms with Crippen molar-refractivity contribution in [2.45, 2.75) is 26.2 Å². The number of ether oxygens (including phenoxy) is 1. The van der Waals surface area contributed by atoms with E-state index in [9.17, 15) is 4.79 Å². The van der Waals surface area contributed by atoms with Crippen molar-refractivity contribution in [3.05, 3.63) is 72.4 Å². The van der Waals surface area contributed by atoms with Crippen molar-refractivity contribution < 1.29 is 9.53 Å². The molecule has 5 nitrogen and oxygen atoms in total. The average molecular weight is 430 g/mol. The van der Waals surface area contributed by atoms with Gasteiger partial charge in [-0.2, -0.15) is 0 Å². The van der Waals surface area contributed by atoms with E-state index in [0.29, 0.717) is 30.9 Å². The number of aromatic nitrogens is 1. The summed E-state index contributed by atoms with van der Waals surface area (Å²) in [5.74, 6) is 2.69. The van der Waals surface area contributed by atoms with E-state index >= 15 is 0 Å². The number of carbonyl (C=O) groups is 1. The number of anilines is 1. The zero-order chi connectivity index (χ0) is 21.9. The van der Waals surface area contributed by atoms with Gasteiger partial charge < -0.3 is 19.9 Å². The molecule has 2 aliphatic rings. The SMILES string of the molecule is CCOc1ccc(NC(=O)N(CCc2c[nH]c3ccccc23)CC2CC3C=CC2C3)cc1. The van der Waals surface area contributed by atoms with Crippen LogP contribution in [-0.2, 0) is 6.42 Å². The van der Waals surface area contributed by atoms with E-state index in [-0.39, 0.29) is 6.03 Å². The number of urea groups is 1. The van der Waals surface area contributed by atoms with E-state index in [0.717, 1.165) is 29.9 Å². The van der Waals surface area contributed by atoms with E-state index in [1.54, 1.807) is 0 Å². The first-order valence-corrected chi connectivity index (χ1v) is 11.7. The zero-order valence-corrected chi connectivity index (χ0v) is 18.6. The molecule has 5 heteroatoms. The molecule has 2 aliphatic carbocycles. The van der Waals surface area contributed by atoms with Crippen LogP contribution in [0.5, 0.6) is 5.75 Å². The Morgan fingerprint density at radius 3 is 2.72 bits per heavy atom. The normalized spacial score (nSPS) is 21.2. The predicted octanol–water partition coefficient (Wildman–Crippen LogP) is 5.86. The zero-order valence-electron chi connectivity index (χ0n) is 18.6. The number of para-hydroxylation sites is 1. The second-order valence-electron chi connectivity index (χ2n) is 8.98. The molecule has 3 aromatic rings. The fraction of sp³-hybridized carbons (Fsp3) is 0.370. The smallest absolute Gasteiger partial charge is 0.321 e. The summed E-state index contributed by atoms with van der Waals surface area (Å²) in [4.78, 5) is 18.7. The molecule has 0 aliphatic heterocycles. The van der Waals surface area contributed by atoms with Gasteiger partial charge in [-0.1, -0.05) is 30.4 Å². The third-order valence-corrected chi connectivity index (χ3v) is 6.90. The monoisotopic (exact) mass is 429 g/mol. The summed E-state index contributed by atoms with van der Waals surface area (Å²) in [6, 6.07) is 15.9. The fourth-order valence-corrected chi connectivity index (χ4v) is 5.26. The number of hydrogen-bond acceptors (Lipinski definition) is 2. The molecule has 0 spiro atoms. The maximum Gasteiger partial charge on any atom is 0.321 e. The molecule has 32 heavy (non-hydrogen) atoms. The number of nitrogens with zero attached hydrogens (tertiary/aromatic N) is 1. The van der Waals surface area contributed by atoms with E-state index in [2.05, 4.69) is 46.8 Å². The van der Waals surface area contributed by atoms with Crippen molar-refractivity contribution in [1.29, 1.82) is 0 Å². The summed E-state index contributed by atoms with van der Waals surface area (Å²) in [6.07, 6.45) is 10.1. The van der Waals surface area contributed by atoms with Gasteiger partial charge in [-0.3, -0.25) is 0 Å². The summed E-state index contributed by atoms with van der Waals surface area (Å²) in [7, 11) is 0. The van der Waals surface area contributed by atoms with E-state index in [4.69, 9.17) is 4.74 Å². The number of nitrogens with one attached hydrogen (secondary N) is 2. The van der Waals surface area contributed by atoms with Gasteiger partial charge in [0.25, 0.3) is 0 Å². The van der Waals surface area contributed by atoms with Crippen LogP contribution >= 0.6 is 0 Å². The molecule has 0 radical (unpaired) electrons. The first-order valence-electron chi connectivity index (χ1n) is 11.7. The van der Waals surface area contributed by atoms with Crippen molar-refractivity contribution in [3.8, 4) is 5.75 Å². The van der Waals surface area contributed by atoms with Gasteiger partial charge in [-0.05, 0) is 79.8 Å². The van der Waals surface area contributed by atoms with Crippen LogP contribution in [0.25, 0.3) is 10.9 Å². The maximum absolute atomic E-state index is 13.3. The Hall–Kier alpha value is -3.21. The van der Waals surface area contributed by atoms with Gasteiger partial charge in [0.1, 0.15) is 5.75 Å². The quantitative estimate of drug-likeness (QED) is 0.441. The Kier molecular flexibility index (Phi) is 5.89. The minimum Gasteiger partial charge on any atom is -0.494 e. The number of carbonyl (C=O) groups excluding carboxylic acids is 1. The number of hydrogen-bond donors (Lipinski definition) is 2. The average Bonchev–Trinajstić information content (AvgIpc) is 3.54. The summed E-state index contributed by atoms with van der Waals surface area (Å²) in [5, 5.41) is 4.34. The highest BCUT2D eigenvalue weighted by atomic mass is 16.5. The Bertz CT molecular complexity index is 1100. The second-order valence-corrected chi connectivity index (χ2v) is 8.98. The Morgan fingerprint density at radius 1 is 1.12 bits per heavy atom. The molecule has 1 fully saturated rings. The number of H-pyrrole nitrogens is 1. The summed E-state index contributed by atoms with van der Waals surface area (Å²) in [5.41, 5.74) is 3.20. The fourth-order valence-electron chi connectivity index (χ4n) is 5.26. The standard InChI is InChI=1S/C27H31N3O2/c1-2-32-24-11-9-23(10-12-24)29-27(31)30(18-22-16-19-7-8-20(22)15-19)14-13-21-17-28-26-6-4-3-5-25(21)26/h3-12,17,19-20,22,28H,2,13-16,18H2,1H3,(H,29,31). The topological polar surface area (TPSA) is 57.4 Å². The van der Waals surface area contributed by atoms with Crippen molar-refractivity contribution in [2.75, 3.05) is 25.0 Å². The minimum absolute atomic E-state index is 0.0271. The number of aromatic amines is 1. The van der Waals surface area contributed by atoms with Gasteiger partial charge in [0, 0.05) is 35.9 Å². The van der Waals surface area contributed by atoms with Crippen molar-refractivity contribution in [3.63, 3.8) is 0 Å². The Balaban J connectivity index is 1.29. The number of amides is 2. The first kappa shape index (κ1) is 20.7. The van der Waals surface area contributed by atoms with Crippen LogP contribution in [0.15, 0.2) is 66.9 Å². The molecule has 1 aromatic heterocycles. The van der Waals surface area contributed by atoms with Crippen LogP contribution in [0.2, 0.25) is 0 Å². The van der Waals surface area contributed by atoms with Crippen molar-refractivity contribution in [1.82, 2.24) is 9.88 Å². The molecule has 2 aromatic carbocycles. The first-order chi connectivity index (χ1) is 15.7. The van der Waals surface area contributed by atoms with Crippen LogP contribution < -0.4 is 10.1 Å². The lowest BCUT2D eigenvalue weighted by molar-refractivity contribution is 0.196. The summed E-state index contributed by atoms with van der Waals surface area (Å²) < 4.78 is 5.51. The van der Waals surface area contributed by atoms with Crippen LogP contribution in [0, 0.1) is 17.8 Å². The number of allylic oxidation sites excluding steroid dienone is 2. The highest BCUT2D eigenvalue weighted by Crippen LogP contribution is 2.43. The highest BCUT2D eigenvalue weighted by Gasteiger charge is 2.37. The van der Waals surface area contributed by atoms with Gasteiger partial charge in [-0.15, -0.1) is 0 Å². The number of benzene rings is 2. The highest BCUT2D eigenvalue weighted by molar-refractivity contribution is 5.89. The number of rotatable bonds is 8. The van der Waals surface area contributed by atoms with Gasteiger partial charge in [0.15, 0.2) is 0 Å². The minimum atomic E-state index is -0.0271. The maximum atomic E-state index is 13.3. The van der Waals surface area contributed by atoms with Crippen molar-refractivity contribution >= 4 is 22.6 Å². The van der Waals surface area contributed by atoms with E-state index in [1.165, 1.54) is 23.8 Å². The Labute approximate surface area is 189 Å². The van der Waals surface area contributed by atoms with Crippen LogP contribution in [0.4, 0.5) is 10.5 Å². The Morgan fingerprint density at radius 2 is 1.97 bits per heavy atom. The molecule has 2 N–H and O–H groups in total. The molecule has 1 saturated carbocycles. The summed E-state index contributed by atoms with van der Waals surface area (Å²) in [6.45, 7) is 4.09. The van der Waals surface area contributed by atoms with E-state index in [1.807, 2.05) is 42.2 Å². The van der Waals surface area contributed by atoms with Crippen LogP contribution in [0.3, 0.4) is 0 Å². The molecular weight excluding hydrogens is 398 g/mol. The third kappa shape index (κ3) is 4.38. The molecule has 2 bridgehead atoms. The van der Waals surface area contributed by atoms with Crippen molar-refractivity contribution in [2.24, 2.45) is 17.8 Å². The van der Waals surface area contributed by atoms with Gasteiger partial charge in [0.05, 0.1) is 6.61 Å².